The van der Waals surface area contributed by atoms with Gasteiger partial charge in [-0.3, -0.25) is 14.4 Å². The maximum Gasteiger partial charge on any atom is 0.416 e. The minimum absolute atomic E-state index is 0.00589. The zero-order valence-electron chi connectivity index (χ0n) is 21.9. The summed E-state index contributed by atoms with van der Waals surface area (Å²) in [6, 6.07) is 27.3. The second-order valence-electron chi connectivity index (χ2n) is 9.15. The fraction of sp³-hybridized carbons (Fsp3) is 0.250. The van der Waals surface area contributed by atoms with Crippen molar-refractivity contribution in [3.05, 3.63) is 108 Å². The molecular weight excluding hydrogens is 510 g/mol. The van der Waals surface area contributed by atoms with Crippen LogP contribution in [0.2, 0.25) is 0 Å². The average Bonchev–Trinajstić information content (AvgIpc) is 3.43. The van der Waals surface area contributed by atoms with Crippen molar-refractivity contribution in [1.82, 2.24) is 4.90 Å². The summed E-state index contributed by atoms with van der Waals surface area (Å²) < 4.78 is 15.9. The third-order valence-electron chi connectivity index (χ3n) is 6.27. The van der Waals surface area contributed by atoms with E-state index in [-0.39, 0.29) is 39.2 Å². The van der Waals surface area contributed by atoms with Gasteiger partial charge in [0.25, 0.3) is 0 Å². The fourth-order valence-corrected chi connectivity index (χ4v) is 4.12. The number of nitrogens with zero attached hydrogens (tertiary/aromatic N) is 1. The highest BCUT2D eigenvalue weighted by Gasteiger charge is 2.39. The molecule has 0 aliphatic carbocycles. The molecule has 0 aromatic heterocycles. The van der Waals surface area contributed by atoms with E-state index in [1.807, 2.05) is 66.7 Å². The van der Waals surface area contributed by atoms with Gasteiger partial charge in [-0.1, -0.05) is 90.7 Å². The van der Waals surface area contributed by atoms with E-state index in [1.54, 1.807) is 24.3 Å². The van der Waals surface area contributed by atoms with E-state index in [4.69, 9.17) is 14.2 Å². The lowest BCUT2D eigenvalue weighted by Crippen LogP contribution is -2.39. The van der Waals surface area contributed by atoms with Gasteiger partial charge in [0.2, 0.25) is 5.91 Å². The van der Waals surface area contributed by atoms with Gasteiger partial charge in [-0.15, -0.1) is 0 Å². The lowest BCUT2D eigenvalue weighted by atomic mass is 9.90. The minimum Gasteiger partial charge on any atom is -0.460 e. The van der Waals surface area contributed by atoms with Crippen molar-refractivity contribution >= 4 is 23.9 Å². The summed E-state index contributed by atoms with van der Waals surface area (Å²) in [5, 5.41) is 0. The number of ether oxygens (including phenoxy) is 3. The smallest absolute Gasteiger partial charge is 0.416 e. The van der Waals surface area contributed by atoms with E-state index in [0.717, 1.165) is 21.6 Å². The summed E-state index contributed by atoms with van der Waals surface area (Å²) in [4.78, 5) is 53.0. The van der Waals surface area contributed by atoms with E-state index in [9.17, 15) is 19.2 Å². The number of imide groups is 1. The van der Waals surface area contributed by atoms with Crippen molar-refractivity contribution in [1.29, 1.82) is 0 Å². The van der Waals surface area contributed by atoms with Gasteiger partial charge in [-0.05, 0) is 29.7 Å². The highest BCUT2D eigenvalue weighted by Crippen LogP contribution is 2.24. The molecular formula is C32H29NO7. The third-order valence-corrected chi connectivity index (χ3v) is 6.27. The van der Waals surface area contributed by atoms with Gasteiger partial charge in [0.15, 0.2) is 5.92 Å². The fourth-order valence-electron chi connectivity index (χ4n) is 4.12. The van der Waals surface area contributed by atoms with Crippen molar-refractivity contribution in [2.45, 2.75) is 26.1 Å². The molecule has 1 heterocycles. The summed E-state index contributed by atoms with van der Waals surface area (Å²) in [5.41, 5.74) is 2.23. The standard InChI is InChI=1S/C32H29NO7/c34-29(33-19-20-38-32(33)37)27(18-10-17-24-11-4-1-5-12-24)21-28(30(35)39-22-25-13-6-2-7-14-25)31(36)40-23-26-15-8-3-9-16-26/h1-9,11-16,27-28H,18-23H2/t27-/m1/s1. The summed E-state index contributed by atoms with van der Waals surface area (Å²) in [5.74, 6) is 1.38. The van der Waals surface area contributed by atoms with Crippen LogP contribution in [0.4, 0.5) is 4.79 Å². The van der Waals surface area contributed by atoms with Crippen molar-refractivity contribution in [3.63, 3.8) is 0 Å². The number of carbonyl (C=O) groups is 4. The van der Waals surface area contributed by atoms with Gasteiger partial charge >= 0.3 is 18.0 Å². The first-order chi connectivity index (χ1) is 19.5. The number of hydrogen-bond acceptors (Lipinski definition) is 7. The molecule has 1 aliphatic rings. The molecule has 0 saturated carbocycles. The lowest BCUT2D eigenvalue weighted by molar-refractivity contribution is -0.164. The molecule has 8 nitrogen and oxygen atoms in total. The quantitative estimate of drug-likeness (QED) is 0.162. The molecule has 1 atom stereocenters. The Hall–Kier alpha value is -4.90. The Bertz CT molecular complexity index is 1310. The van der Waals surface area contributed by atoms with Gasteiger partial charge in [-0.25, -0.2) is 9.69 Å². The van der Waals surface area contributed by atoms with Gasteiger partial charge < -0.3 is 14.2 Å². The van der Waals surface area contributed by atoms with Crippen molar-refractivity contribution in [3.8, 4) is 11.8 Å². The van der Waals surface area contributed by atoms with Gasteiger partial charge in [0.05, 0.1) is 12.5 Å². The average molecular weight is 540 g/mol. The maximum absolute atomic E-state index is 13.4. The second-order valence-corrected chi connectivity index (χ2v) is 9.15. The Labute approximate surface area is 232 Å². The predicted molar refractivity (Wildman–Crippen MR) is 145 cm³/mol. The molecule has 2 amide bonds. The molecule has 1 fully saturated rings. The van der Waals surface area contributed by atoms with Crippen LogP contribution in [-0.2, 0) is 41.8 Å². The highest BCUT2D eigenvalue weighted by molar-refractivity contribution is 5.97. The second kappa shape index (κ2) is 14.3. The van der Waals surface area contributed by atoms with Crippen molar-refractivity contribution < 1.29 is 33.4 Å². The first kappa shape index (κ1) is 28.1. The predicted octanol–water partition coefficient (Wildman–Crippen LogP) is 4.52. The summed E-state index contributed by atoms with van der Waals surface area (Å²) >= 11 is 0. The van der Waals surface area contributed by atoms with Crippen LogP contribution in [0.3, 0.4) is 0 Å². The number of amides is 2. The highest BCUT2D eigenvalue weighted by atomic mass is 16.6. The SMILES string of the molecule is O=C(OCc1ccccc1)C(C[C@@H](CC#Cc1ccccc1)C(=O)N1CCOC1=O)C(=O)OCc1ccccc1. The molecule has 40 heavy (non-hydrogen) atoms. The monoisotopic (exact) mass is 539 g/mol. The van der Waals surface area contributed by atoms with Gasteiger partial charge in [0.1, 0.15) is 19.8 Å². The number of rotatable bonds is 10. The Balaban J connectivity index is 1.54. The molecule has 3 aromatic rings. The van der Waals surface area contributed by atoms with Crippen molar-refractivity contribution in [2.24, 2.45) is 11.8 Å². The van der Waals surface area contributed by atoms with Crippen LogP contribution in [-0.4, -0.2) is 42.0 Å². The molecule has 0 N–H and O–H groups in total. The molecule has 0 bridgehead atoms. The Morgan fingerprint density at radius 1 is 0.800 bits per heavy atom. The first-order valence-corrected chi connectivity index (χ1v) is 12.9. The van der Waals surface area contributed by atoms with E-state index < -0.39 is 35.8 Å². The number of esters is 2. The molecule has 1 aliphatic heterocycles. The molecule has 0 spiro atoms. The van der Waals surface area contributed by atoms with Crippen LogP contribution < -0.4 is 0 Å². The minimum atomic E-state index is -1.40. The van der Waals surface area contributed by atoms with E-state index in [2.05, 4.69) is 11.8 Å². The number of hydrogen-bond donors (Lipinski definition) is 0. The largest absolute Gasteiger partial charge is 0.460 e. The number of benzene rings is 3. The van der Waals surface area contributed by atoms with Crippen LogP contribution in [0.1, 0.15) is 29.5 Å². The molecule has 0 radical (unpaired) electrons. The van der Waals surface area contributed by atoms with Crippen LogP contribution in [0, 0.1) is 23.7 Å². The summed E-state index contributed by atoms with van der Waals surface area (Å²) in [6.45, 7) is 0.0660. The van der Waals surface area contributed by atoms with E-state index >= 15 is 0 Å². The topological polar surface area (TPSA) is 99.2 Å². The van der Waals surface area contributed by atoms with Crippen molar-refractivity contribution in [2.75, 3.05) is 13.2 Å². The zero-order valence-corrected chi connectivity index (χ0v) is 21.9. The number of cyclic esters (lactones) is 1. The van der Waals surface area contributed by atoms with Crippen LogP contribution >= 0.6 is 0 Å². The molecule has 0 unspecified atom stereocenters. The third kappa shape index (κ3) is 8.05. The van der Waals surface area contributed by atoms with Gasteiger partial charge in [0, 0.05) is 12.0 Å². The van der Waals surface area contributed by atoms with E-state index in [1.165, 1.54) is 0 Å². The Morgan fingerprint density at radius 2 is 1.32 bits per heavy atom. The molecule has 3 aromatic carbocycles. The summed E-state index contributed by atoms with van der Waals surface area (Å²) in [6.07, 6.45) is -1.000. The Morgan fingerprint density at radius 3 is 1.82 bits per heavy atom. The van der Waals surface area contributed by atoms with Crippen LogP contribution in [0.5, 0.6) is 0 Å². The van der Waals surface area contributed by atoms with Crippen LogP contribution in [0.25, 0.3) is 0 Å². The van der Waals surface area contributed by atoms with Gasteiger partial charge in [-0.2, -0.15) is 0 Å². The molecule has 204 valence electrons. The lowest BCUT2D eigenvalue weighted by Gasteiger charge is -2.22. The number of carbonyl (C=O) groups excluding carboxylic acids is 4. The molecule has 4 rings (SSSR count). The van der Waals surface area contributed by atoms with Crippen LogP contribution in [0.15, 0.2) is 91.0 Å². The first-order valence-electron chi connectivity index (χ1n) is 12.9. The summed E-state index contributed by atoms with van der Waals surface area (Å²) in [7, 11) is 0. The maximum atomic E-state index is 13.4. The zero-order chi connectivity index (χ0) is 28.2. The van der Waals surface area contributed by atoms with E-state index in [0.29, 0.717) is 0 Å². The molecule has 1 saturated heterocycles. The normalized spacial score (nSPS) is 13.1. The Kier molecular flexibility index (Phi) is 10.1. The molecule has 8 heteroatoms.